The summed E-state index contributed by atoms with van der Waals surface area (Å²) in [6, 6.07) is 0.197. The third-order valence-electron chi connectivity index (χ3n) is 3.81. The van der Waals surface area contributed by atoms with E-state index in [1.54, 1.807) is 4.68 Å². The Kier molecular flexibility index (Phi) is 3.36. The van der Waals surface area contributed by atoms with Crippen LogP contribution in [0, 0.1) is 0 Å². The Bertz CT molecular complexity index is 563. The summed E-state index contributed by atoms with van der Waals surface area (Å²) in [5, 5.41) is 9.26. The summed E-state index contributed by atoms with van der Waals surface area (Å²) in [6.07, 6.45) is 5.67. The van der Waals surface area contributed by atoms with E-state index >= 15 is 0 Å². The van der Waals surface area contributed by atoms with Gasteiger partial charge in [-0.3, -0.25) is 4.68 Å². The second-order valence-corrected chi connectivity index (χ2v) is 7.85. The van der Waals surface area contributed by atoms with Crippen LogP contribution >= 0.6 is 11.8 Å². The van der Waals surface area contributed by atoms with E-state index in [4.69, 9.17) is 9.88 Å². The first-order valence-corrected chi connectivity index (χ1v) is 8.97. The lowest BCUT2D eigenvalue weighted by molar-refractivity contribution is -0.0778. The molecule has 0 amide bonds. The van der Waals surface area contributed by atoms with Crippen LogP contribution in [0.4, 0.5) is 0 Å². The monoisotopic (exact) mass is 303 g/mol. The predicted molar refractivity (Wildman–Crippen MR) is 72.5 cm³/mol. The van der Waals surface area contributed by atoms with Gasteiger partial charge in [0, 0.05) is 18.6 Å². The first kappa shape index (κ1) is 13.4. The van der Waals surface area contributed by atoms with Crippen molar-refractivity contribution in [2.45, 2.75) is 35.8 Å². The van der Waals surface area contributed by atoms with Crippen LogP contribution in [0.1, 0.15) is 25.3 Å². The first-order valence-electron chi connectivity index (χ1n) is 6.27. The van der Waals surface area contributed by atoms with E-state index in [1.165, 1.54) is 12.4 Å². The zero-order valence-electron chi connectivity index (χ0n) is 10.5. The molecule has 1 spiro atoms. The number of ether oxygens (including phenoxy) is 1. The molecule has 0 aromatic carbocycles. The van der Waals surface area contributed by atoms with E-state index in [0.717, 1.165) is 30.8 Å². The Balaban J connectivity index is 1.80. The molecule has 0 radical (unpaired) electrons. The zero-order chi connectivity index (χ0) is 13.5. The molecule has 2 saturated heterocycles. The molecule has 6 nitrogen and oxygen atoms in total. The molecule has 0 saturated carbocycles. The number of sulfonamides is 1. The highest BCUT2D eigenvalue weighted by Gasteiger charge is 2.41. The molecule has 0 bridgehead atoms. The SMILES string of the molecule is NS(=O)(=O)c1cnn(C2CCOC3(CCSC3)C2)c1. The Morgan fingerprint density at radius 2 is 2.42 bits per heavy atom. The molecule has 2 aliphatic rings. The maximum atomic E-state index is 11.3. The van der Waals surface area contributed by atoms with Crippen molar-refractivity contribution < 1.29 is 13.2 Å². The molecule has 1 aromatic rings. The summed E-state index contributed by atoms with van der Waals surface area (Å²) >= 11 is 1.92. The van der Waals surface area contributed by atoms with Crippen LogP contribution in [0.25, 0.3) is 0 Å². The summed E-state index contributed by atoms with van der Waals surface area (Å²) in [5.41, 5.74) is -0.0404. The molecular weight excluding hydrogens is 286 g/mol. The number of hydrogen-bond donors (Lipinski definition) is 1. The fourth-order valence-corrected chi connectivity index (χ4v) is 4.59. The zero-order valence-corrected chi connectivity index (χ0v) is 12.1. The molecule has 1 aromatic heterocycles. The maximum Gasteiger partial charge on any atom is 0.241 e. The third kappa shape index (κ3) is 2.67. The summed E-state index contributed by atoms with van der Waals surface area (Å²) in [7, 11) is -3.67. The molecule has 3 rings (SSSR count). The van der Waals surface area contributed by atoms with E-state index in [-0.39, 0.29) is 16.5 Å². The largest absolute Gasteiger partial charge is 0.374 e. The van der Waals surface area contributed by atoms with E-state index in [0.29, 0.717) is 6.61 Å². The third-order valence-corrected chi connectivity index (χ3v) is 5.91. The van der Waals surface area contributed by atoms with Gasteiger partial charge in [0.15, 0.2) is 0 Å². The molecule has 2 atom stereocenters. The Hall–Kier alpha value is -0.570. The maximum absolute atomic E-state index is 11.3. The van der Waals surface area contributed by atoms with Crippen molar-refractivity contribution in [3.63, 3.8) is 0 Å². The smallest absolute Gasteiger partial charge is 0.241 e. The molecule has 106 valence electrons. The average Bonchev–Trinajstić information content (AvgIpc) is 2.98. The van der Waals surface area contributed by atoms with Crippen molar-refractivity contribution in [2.24, 2.45) is 5.14 Å². The fraction of sp³-hybridized carbons (Fsp3) is 0.727. The fourth-order valence-electron chi connectivity index (χ4n) is 2.76. The number of hydrogen-bond acceptors (Lipinski definition) is 5. The van der Waals surface area contributed by atoms with Gasteiger partial charge in [0.05, 0.1) is 17.8 Å². The summed E-state index contributed by atoms with van der Waals surface area (Å²) in [6.45, 7) is 0.704. The Morgan fingerprint density at radius 3 is 3.05 bits per heavy atom. The van der Waals surface area contributed by atoms with Crippen molar-refractivity contribution in [2.75, 3.05) is 18.1 Å². The van der Waals surface area contributed by atoms with E-state index < -0.39 is 10.0 Å². The van der Waals surface area contributed by atoms with Crippen LogP contribution < -0.4 is 5.14 Å². The molecule has 0 aliphatic carbocycles. The lowest BCUT2D eigenvalue weighted by Crippen LogP contribution is -2.40. The number of rotatable bonds is 2. The number of primary sulfonamides is 1. The highest BCUT2D eigenvalue weighted by molar-refractivity contribution is 7.99. The second-order valence-electron chi connectivity index (χ2n) is 5.18. The summed E-state index contributed by atoms with van der Waals surface area (Å²) in [5.74, 6) is 2.15. The molecule has 3 heterocycles. The van der Waals surface area contributed by atoms with Gasteiger partial charge in [0.25, 0.3) is 0 Å². The molecule has 2 aliphatic heterocycles. The van der Waals surface area contributed by atoms with Crippen molar-refractivity contribution in [3.05, 3.63) is 12.4 Å². The van der Waals surface area contributed by atoms with Crippen LogP contribution in [-0.4, -0.2) is 41.9 Å². The Labute approximate surface area is 116 Å². The lowest BCUT2D eigenvalue weighted by atomic mass is 9.90. The van der Waals surface area contributed by atoms with Gasteiger partial charge in [-0.15, -0.1) is 0 Å². The van der Waals surface area contributed by atoms with Crippen LogP contribution in [0.15, 0.2) is 17.3 Å². The van der Waals surface area contributed by atoms with Gasteiger partial charge in [-0.25, -0.2) is 13.6 Å². The molecular formula is C11H17N3O3S2. The van der Waals surface area contributed by atoms with Gasteiger partial charge < -0.3 is 4.74 Å². The van der Waals surface area contributed by atoms with Crippen LogP contribution in [-0.2, 0) is 14.8 Å². The van der Waals surface area contributed by atoms with E-state index in [2.05, 4.69) is 5.10 Å². The topological polar surface area (TPSA) is 87.2 Å². The molecule has 2 N–H and O–H groups in total. The molecule has 2 unspecified atom stereocenters. The number of aromatic nitrogens is 2. The van der Waals surface area contributed by atoms with Gasteiger partial charge in [-0.05, 0) is 25.0 Å². The van der Waals surface area contributed by atoms with E-state index in [1.807, 2.05) is 11.8 Å². The molecule has 8 heteroatoms. The first-order chi connectivity index (χ1) is 8.99. The van der Waals surface area contributed by atoms with Gasteiger partial charge in [0.1, 0.15) is 4.90 Å². The van der Waals surface area contributed by atoms with Gasteiger partial charge >= 0.3 is 0 Å². The van der Waals surface area contributed by atoms with Gasteiger partial charge in [0.2, 0.25) is 10.0 Å². The predicted octanol–water partition coefficient (Wildman–Crippen LogP) is 0.758. The highest BCUT2D eigenvalue weighted by atomic mass is 32.2. The Morgan fingerprint density at radius 1 is 1.58 bits per heavy atom. The molecule has 19 heavy (non-hydrogen) atoms. The van der Waals surface area contributed by atoms with Crippen molar-refractivity contribution in [1.29, 1.82) is 0 Å². The van der Waals surface area contributed by atoms with Crippen LogP contribution in [0.2, 0.25) is 0 Å². The van der Waals surface area contributed by atoms with Crippen molar-refractivity contribution >= 4 is 21.8 Å². The van der Waals surface area contributed by atoms with Crippen molar-refractivity contribution in [1.82, 2.24) is 9.78 Å². The van der Waals surface area contributed by atoms with Crippen LogP contribution in [0.5, 0.6) is 0 Å². The standard InChI is InChI=1S/C11H17N3O3S2/c12-19(15,16)10-6-13-14(7-10)9-1-3-17-11(5-9)2-4-18-8-11/h6-7,9H,1-5,8H2,(H2,12,15,16). The summed E-state index contributed by atoms with van der Waals surface area (Å²) in [4.78, 5) is 0.0776. The molecule has 2 fully saturated rings. The minimum Gasteiger partial charge on any atom is -0.374 e. The normalized spacial score (nSPS) is 31.9. The van der Waals surface area contributed by atoms with Crippen molar-refractivity contribution in [3.8, 4) is 0 Å². The second kappa shape index (κ2) is 4.76. The average molecular weight is 303 g/mol. The minimum absolute atomic E-state index is 0.0404. The minimum atomic E-state index is -3.67. The van der Waals surface area contributed by atoms with Crippen LogP contribution in [0.3, 0.4) is 0 Å². The highest BCUT2D eigenvalue weighted by Crippen LogP contribution is 2.41. The lowest BCUT2D eigenvalue weighted by Gasteiger charge is -2.37. The number of thioether (sulfide) groups is 1. The summed E-state index contributed by atoms with van der Waals surface area (Å²) < 4.78 is 30.2. The number of nitrogens with two attached hydrogens (primary N) is 1. The number of nitrogens with zero attached hydrogens (tertiary/aromatic N) is 2. The van der Waals surface area contributed by atoms with Gasteiger partial charge in [-0.2, -0.15) is 16.9 Å². The quantitative estimate of drug-likeness (QED) is 0.871. The van der Waals surface area contributed by atoms with Gasteiger partial charge in [-0.1, -0.05) is 0 Å². The van der Waals surface area contributed by atoms with E-state index in [9.17, 15) is 8.42 Å².